The maximum absolute atomic E-state index is 12.9. The molecule has 0 heterocycles. The van der Waals surface area contributed by atoms with Crippen LogP contribution >= 0.6 is 0 Å². The van der Waals surface area contributed by atoms with E-state index in [1.165, 1.54) is 7.11 Å². The third kappa shape index (κ3) is 7.01. The number of nitrogens with one attached hydrogen (secondary N) is 2. The number of carbonyl (C=O) groups excluding carboxylic acids is 2. The first-order valence-electron chi connectivity index (χ1n) is 8.81. The molecular formula is C19H22FN3O6S. The lowest BCUT2D eigenvalue weighted by Crippen LogP contribution is -2.30. The SMILES string of the molecule is COc1cc(CNC(=O)CCNS(=O)(=O)c2ccc(F)cc2)ccc1OCC(N)=O. The van der Waals surface area contributed by atoms with E-state index in [1.807, 2.05) is 0 Å². The third-order valence-electron chi connectivity index (χ3n) is 3.86. The smallest absolute Gasteiger partial charge is 0.255 e. The Kier molecular flexibility index (Phi) is 8.13. The molecule has 162 valence electrons. The number of methoxy groups -OCH3 is 1. The predicted octanol–water partition coefficient (Wildman–Crippen LogP) is 0.683. The summed E-state index contributed by atoms with van der Waals surface area (Å²) in [6.45, 7) is -0.231. The number of benzene rings is 2. The van der Waals surface area contributed by atoms with Crippen LogP contribution in [-0.2, 0) is 26.2 Å². The Hall–Kier alpha value is -3.18. The maximum atomic E-state index is 12.9. The summed E-state index contributed by atoms with van der Waals surface area (Å²) in [4.78, 5) is 22.7. The van der Waals surface area contributed by atoms with Gasteiger partial charge in [-0.1, -0.05) is 6.07 Å². The molecule has 11 heteroatoms. The molecule has 0 bridgehead atoms. The van der Waals surface area contributed by atoms with Crippen molar-refractivity contribution in [3.8, 4) is 11.5 Å². The van der Waals surface area contributed by atoms with E-state index in [2.05, 4.69) is 10.0 Å². The number of sulfonamides is 1. The molecule has 2 aromatic rings. The Morgan fingerprint density at radius 2 is 1.80 bits per heavy atom. The fourth-order valence-corrected chi connectivity index (χ4v) is 3.41. The van der Waals surface area contributed by atoms with Crippen LogP contribution in [0.5, 0.6) is 11.5 Å². The predicted molar refractivity (Wildman–Crippen MR) is 106 cm³/mol. The quantitative estimate of drug-likeness (QED) is 0.471. The molecule has 0 aliphatic carbocycles. The fourth-order valence-electron chi connectivity index (χ4n) is 2.38. The Morgan fingerprint density at radius 1 is 1.10 bits per heavy atom. The number of nitrogens with two attached hydrogens (primary N) is 1. The Bertz CT molecular complexity index is 996. The normalized spacial score (nSPS) is 11.0. The molecule has 0 aliphatic heterocycles. The molecule has 0 aliphatic rings. The van der Waals surface area contributed by atoms with Gasteiger partial charge in [-0.3, -0.25) is 9.59 Å². The second kappa shape index (κ2) is 10.6. The van der Waals surface area contributed by atoms with Crippen LogP contribution in [0.3, 0.4) is 0 Å². The number of carbonyl (C=O) groups is 2. The minimum absolute atomic E-state index is 0.0859. The highest BCUT2D eigenvalue weighted by atomic mass is 32.2. The van der Waals surface area contributed by atoms with E-state index in [0.29, 0.717) is 17.1 Å². The van der Waals surface area contributed by atoms with E-state index < -0.39 is 21.7 Å². The van der Waals surface area contributed by atoms with E-state index in [1.54, 1.807) is 18.2 Å². The summed E-state index contributed by atoms with van der Waals surface area (Å²) < 4.78 is 49.8. The van der Waals surface area contributed by atoms with Crippen molar-refractivity contribution in [1.82, 2.24) is 10.0 Å². The number of amides is 2. The molecule has 0 saturated carbocycles. The first kappa shape index (κ1) is 23.1. The first-order valence-corrected chi connectivity index (χ1v) is 10.3. The Labute approximate surface area is 173 Å². The van der Waals surface area contributed by atoms with E-state index in [9.17, 15) is 22.4 Å². The van der Waals surface area contributed by atoms with Gasteiger partial charge in [0.1, 0.15) is 5.82 Å². The van der Waals surface area contributed by atoms with Gasteiger partial charge < -0.3 is 20.5 Å². The van der Waals surface area contributed by atoms with Crippen molar-refractivity contribution in [2.75, 3.05) is 20.3 Å². The molecule has 4 N–H and O–H groups in total. The summed E-state index contributed by atoms with van der Waals surface area (Å²) in [5.74, 6) is -0.831. The second-order valence-electron chi connectivity index (χ2n) is 6.12. The van der Waals surface area contributed by atoms with E-state index in [-0.39, 0.29) is 36.9 Å². The summed E-state index contributed by atoms with van der Waals surface area (Å²) >= 11 is 0. The van der Waals surface area contributed by atoms with Gasteiger partial charge in [-0.2, -0.15) is 0 Å². The number of rotatable bonds is 11. The average Bonchev–Trinajstić information content (AvgIpc) is 2.71. The van der Waals surface area contributed by atoms with Gasteiger partial charge in [0, 0.05) is 19.5 Å². The van der Waals surface area contributed by atoms with Gasteiger partial charge in [0.2, 0.25) is 15.9 Å². The minimum Gasteiger partial charge on any atom is -0.493 e. The molecule has 2 rings (SSSR count). The van der Waals surface area contributed by atoms with Crippen LogP contribution in [-0.4, -0.2) is 40.5 Å². The third-order valence-corrected chi connectivity index (χ3v) is 5.33. The van der Waals surface area contributed by atoms with Crippen molar-refractivity contribution < 1.29 is 31.9 Å². The molecular weight excluding hydrogens is 417 g/mol. The van der Waals surface area contributed by atoms with Crippen LogP contribution < -0.4 is 25.2 Å². The van der Waals surface area contributed by atoms with Gasteiger partial charge in [0.25, 0.3) is 5.91 Å². The number of ether oxygens (including phenoxy) is 2. The topological polar surface area (TPSA) is 137 Å². The highest BCUT2D eigenvalue weighted by Crippen LogP contribution is 2.28. The molecule has 30 heavy (non-hydrogen) atoms. The van der Waals surface area contributed by atoms with Crippen LogP contribution in [0.2, 0.25) is 0 Å². The highest BCUT2D eigenvalue weighted by molar-refractivity contribution is 7.89. The van der Waals surface area contributed by atoms with Crippen molar-refractivity contribution in [2.24, 2.45) is 5.73 Å². The lowest BCUT2D eigenvalue weighted by atomic mass is 10.2. The molecule has 2 aromatic carbocycles. The lowest BCUT2D eigenvalue weighted by molar-refractivity contribution is -0.121. The van der Waals surface area contributed by atoms with Crippen molar-refractivity contribution in [2.45, 2.75) is 17.9 Å². The number of halogens is 1. The summed E-state index contributed by atoms with van der Waals surface area (Å²) in [6.07, 6.45) is -0.0859. The first-order chi connectivity index (χ1) is 14.2. The summed E-state index contributed by atoms with van der Waals surface area (Å²) in [5, 5.41) is 2.66. The molecule has 0 unspecified atom stereocenters. The molecule has 0 aromatic heterocycles. The average molecular weight is 439 g/mol. The molecule has 0 saturated heterocycles. The molecule has 0 spiro atoms. The lowest BCUT2D eigenvalue weighted by Gasteiger charge is -2.12. The molecule has 0 fully saturated rings. The molecule has 2 amide bonds. The van der Waals surface area contributed by atoms with Crippen molar-refractivity contribution >= 4 is 21.8 Å². The van der Waals surface area contributed by atoms with Crippen molar-refractivity contribution in [3.63, 3.8) is 0 Å². The number of hydrogen-bond acceptors (Lipinski definition) is 6. The van der Waals surface area contributed by atoms with Gasteiger partial charge in [-0.05, 0) is 42.0 Å². The Morgan fingerprint density at radius 3 is 2.43 bits per heavy atom. The van der Waals surface area contributed by atoms with Crippen molar-refractivity contribution in [3.05, 3.63) is 53.8 Å². The fraction of sp³-hybridized carbons (Fsp3) is 0.263. The van der Waals surface area contributed by atoms with Gasteiger partial charge >= 0.3 is 0 Å². The summed E-state index contributed by atoms with van der Waals surface area (Å²) in [7, 11) is -2.39. The van der Waals surface area contributed by atoms with Crippen LogP contribution in [0.4, 0.5) is 4.39 Å². The van der Waals surface area contributed by atoms with Crippen LogP contribution in [0.15, 0.2) is 47.4 Å². The second-order valence-corrected chi connectivity index (χ2v) is 7.89. The van der Waals surface area contributed by atoms with E-state index >= 15 is 0 Å². The van der Waals surface area contributed by atoms with Crippen LogP contribution in [0, 0.1) is 5.82 Å². The zero-order valence-electron chi connectivity index (χ0n) is 16.2. The van der Waals surface area contributed by atoms with E-state index in [4.69, 9.17) is 15.2 Å². The monoisotopic (exact) mass is 439 g/mol. The van der Waals surface area contributed by atoms with Gasteiger partial charge in [-0.15, -0.1) is 0 Å². The van der Waals surface area contributed by atoms with Crippen molar-refractivity contribution in [1.29, 1.82) is 0 Å². The van der Waals surface area contributed by atoms with Crippen LogP contribution in [0.1, 0.15) is 12.0 Å². The van der Waals surface area contributed by atoms with Crippen LogP contribution in [0.25, 0.3) is 0 Å². The van der Waals surface area contributed by atoms with Gasteiger partial charge in [0.15, 0.2) is 18.1 Å². The molecule has 9 nitrogen and oxygen atoms in total. The van der Waals surface area contributed by atoms with Gasteiger partial charge in [-0.25, -0.2) is 17.5 Å². The highest BCUT2D eigenvalue weighted by Gasteiger charge is 2.14. The summed E-state index contributed by atoms with van der Waals surface area (Å²) in [5.41, 5.74) is 5.75. The van der Waals surface area contributed by atoms with Gasteiger partial charge in [0.05, 0.1) is 12.0 Å². The number of hydrogen-bond donors (Lipinski definition) is 3. The summed E-state index contributed by atoms with van der Waals surface area (Å²) in [6, 6.07) is 9.26. The number of primary amides is 1. The Balaban J connectivity index is 1.83. The standard InChI is InChI=1S/C19H22FN3O6S/c1-28-17-10-13(2-7-16(17)29-12-18(21)24)11-22-19(25)8-9-23-30(26,27)15-5-3-14(20)4-6-15/h2-7,10,23H,8-9,11-12H2,1H3,(H2,21,24)(H,22,25). The zero-order chi connectivity index (χ0) is 22.1. The zero-order valence-corrected chi connectivity index (χ0v) is 17.0. The molecule has 0 radical (unpaired) electrons. The minimum atomic E-state index is -3.83. The molecule has 0 atom stereocenters. The maximum Gasteiger partial charge on any atom is 0.255 e. The largest absolute Gasteiger partial charge is 0.493 e. The van der Waals surface area contributed by atoms with E-state index in [0.717, 1.165) is 24.3 Å².